The van der Waals surface area contributed by atoms with Gasteiger partial charge in [0.2, 0.25) is 0 Å². The molecular formula is C13H17ClN4O3. The van der Waals surface area contributed by atoms with Gasteiger partial charge in [0.1, 0.15) is 10.7 Å². The molecule has 2 heterocycles. The van der Waals surface area contributed by atoms with Crippen LogP contribution >= 0.6 is 11.6 Å². The van der Waals surface area contributed by atoms with Crippen LogP contribution in [0.5, 0.6) is 0 Å². The summed E-state index contributed by atoms with van der Waals surface area (Å²) in [5.41, 5.74) is 0.874. The lowest BCUT2D eigenvalue weighted by Crippen LogP contribution is -2.12. The summed E-state index contributed by atoms with van der Waals surface area (Å²) in [4.78, 5) is 16.4. The SMILES string of the molecule is Cc1noc([C@@H](C)OC(=O)c2c(C(C)C)nn(C)c2Cl)n1. The molecule has 0 aliphatic carbocycles. The number of carbonyl (C=O) groups is 1. The summed E-state index contributed by atoms with van der Waals surface area (Å²) < 4.78 is 11.8. The van der Waals surface area contributed by atoms with Gasteiger partial charge in [0, 0.05) is 7.05 Å². The highest BCUT2D eigenvalue weighted by Gasteiger charge is 2.27. The Morgan fingerprint density at radius 1 is 1.38 bits per heavy atom. The molecule has 0 unspecified atom stereocenters. The number of ether oxygens (including phenoxy) is 1. The monoisotopic (exact) mass is 312 g/mol. The first-order valence-corrected chi connectivity index (χ1v) is 6.92. The second-order valence-corrected chi connectivity index (χ2v) is 5.41. The van der Waals surface area contributed by atoms with Crippen LogP contribution in [0.1, 0.15) is 60.6 Å². The van der Waals surface area contributed by atoms with Gasteiger partial charge in [0.15, 0.2) is 11.9 Å². The van der Waals surface area contributed by atoms with Gasteiger partial charge >= 0.3 is 5.97 Å². The molecule has 0 saturated carbocycles. The first-order valence-electron chi connectivity index (χ1n) is 6.54. The molecule has 0 aromatic carbocycles. The maximum atomic E-state index is 12.3. The zero-order valence-electron chi connectivity index (χ0n) is 12.5. The van der Waals surface area contributed by atoms with Crippen molar-refractivity contribution < 1.29 is 14.1 Å². The highest BCUT2D eigenvalue weighted by molar-refractivity contribution is 6.32. The highest BCUT2D eigenvalue weighted by Crippen LogP contribution is 2.27. The smallest absolute Gasteiger partial charge is 0.344 e. The van der Waals surface area contributed by atoms with Crippen molar-refractivity contribution in [2.24, 2.45) is 7.05 Å². The summed E-state index contributed by atoms with van der Waals surface area (Å²) in [5.74, 6) is 0.217. The maximum Gasteiger partial charge on any atom is 0.344 e. The molecule has 2 aromatic rings. The molecule has 0 saturated heterocycles. The third-order valence-electron chi connectivity index (χ3n) is 2.93. The van der Waals surface area contributed by atoms with Crippen LogP contribution < -0.4 is 0 Å². The van der Waals surface area contributed by atoms with Crippen molar-refractivity contribution >= 4 is 17.6 Å². The fourth-order valence-electron chi connectivity index (χ4n) is 1.86. The van der Waals surface area contributed by atoms with Crippen molar-refractivity contribution in [3.8, 4) is 0 Å². The van der Waals surface area contributed by atoms with Crippen molar-refractivity contribution in [3.05, 3.63) is 28.1 Å². The molecular weight excluding hydrogens is 296 g/mol. The van der Waals surface area contributed by atoms with Crippen molar-refractivity contribution in [2.45, 2.75) is 39.7 Å². The van der Waals surface area contributed by atoms with Crippen LogP contribution in [-0.4, -0.2) is 25.9 Å². The van der Waals surface area contributed by atoms with E-state index in [0.29, 0.717) is 11.5 Å². The Morgan fingerprint density at radius 2 is 2.05 bits per heavy atom. The number of hydrogen-bond donors (Lipinski definition) is 0. The van der Waals surface area contributed by atoms with Crippen molar-refractivity contribution in [1.29, 1.82) is 0 Å². The fraction of sp³-hybridized carbons (Fsp3) is 0.538. The van der Waals surface area contributed by atoms with Gasteiger partial charge in [0.05, 0.1) is 5.69 Å². The van der Waals surface area contributed by atoms with E-state index in [9.17, 15) is 4.79 Å². The van der Waals surface area contributed by atoms with Gasteiger partial charge in [-0.05, 0) is 19.8 Å². The molecule has 0 N–H and O–H groups in total. The minimum Gasteiger partial charge on any atom is -0.449 e. The van der Waals surface area contributed by atoms with Gasteiger partial charge in [-0.3, -0.25) is 4.68 Å². The molecule has 0 spiro atoms. The van der Waals surface area contributed by atoms with E-state index >= 15 is 0 Å². The van der Waals surface area contributed by atoms with E-state index in [0.717, 1.165) is 0 Å². The normalized spacial score (nSPS) is 12.7. The van der Waals surface area contributed by atoms with Gasteiger partial charge in [-0.15, -0.1) is 0 Å². The first kappa shape index (κ1) is 15.5. The van der Waals surface area contributed by atoms with Crippen LogP contribution in [-0.2, 0) is 11.8 Å². The van der Waals surface area contributed by atoms with Gasteiger partial charge in [-0.25, -0.2) is 4.79 Å². The molecule has 0 radical (unpaired) electrons. The molecule has 2 aromatic heterocycles. The lowest BCUT2D eigenvalue weighted by Gasteiger charge is -2.10. The molecule has 0 fully saturated rings. The van der Waals surface area contributed by atoms with E-state index in [1.165, 1.54) is 4.68 Å². The summed E-state index contributed by atoms with van der Waals surface area (Å²) in [5, 5.41) is 8.16. The lowest BCUT2D eigenvalue weighted by molar-refractivity contribution is 0.0264. The molecule has 0 aliphatic heterocycles. The number of nitrogens with zero attached hydrogens (tertiary/aromatic N) is 4. The fourth-order valence-corrected chi connectivity index (χ4v) is 2.08. The summed E-state index contributed by atoms with van der Waals surface area (Å²) in [7, 11) is 1.68. The number of esters is 1. The lowest BCUT2D eigenvalue weighted by atomic mass is 10.1. The Labute approximate surface area is 127 Å². The predicted octanol–water partition coefficient (Wildman–Crippen LogP) is 2.81. The van der Waals surface area contributed by atoms with Gasteiger partial charge < -0.3 is 9.26 Å². The van der Waals surface area contributed by atoms with Crippen molar-refractivity contribution in [1.82, 2.24) is 19.9 Å². The summed E-state index contributed by atoms with van der Waals surface area (Å²) in [6.45, 7) is 7.21. The second kappa shape index (κ2) is 5.85. The molecule has 114 valence electrons. The van der Waals surface area contributed by atoms with Crippen LogP contribution in [0.25, 0.3) is 0 Å². The summed E-state index contributed by atoms with van der Waals surface area (Å²) >= 11 is 6.13. The Bertz CT molecular complexity index is 662. The topological polar surface area (TPSA) is 83.0 Å². The number of aromatic nitrogens is 4. The molecule has 2 rings (SSSR count). The molecule has 1 atom stereocenters. The average molecular weight is 313 g/mol. The molecule has 7 nitrogen and oxygen atoms in total. The minimum absolute atomic E-state index is 0.0483. The minimum atomic E-state index is -0.657. The van der Waals surface area contributed by atoms with Crippen LogP contribution in [0.2, 0.25) is 5.15 Å². The maximum absolute atomic E-state index is 12.3. The molecule has 21 heavy (non-hydrogen) atoms. The van der Waals surface area contributed by atoms with Crippen LogP contribution in [0.15, 0.2) is 4.52 Å². The summed E-state index contributed by atoms with van der Waals surface area (Å²) in [6.07, 6.45) is -0.657. The van der Waals surface area contributed by atoms with E-state index < -0.39 is 12.1 Å². The van der Waals surface area contributed by atoms with E-state index in [2.05, 4.69) is 15.2 Å². The first-order chi connectivity index (χ1) is 9.81. The van der Waals surface area contributed by atoms with Gasteiger partial charge in [-0.2, -0.15) is 10.1 Å². The largest absolute Gasteiger partial charge is 0.449 e. The number of halogens is 1. The predicted molar refractivity (Wildman–Crippen MR) is 75.2 cm³/mol. The number of carbonyl (C=O) groups excluding carboxylic acids is 1. The third kappa shape index (κ3) is 3.07. The van der Waals surface area contributed by atoms with Crippen LogP contribution in [0.3, 0.4) is 0 Å². The van der Waals surface area contributed by atoms with Crippen LogP contribution in [0.4, 0.5) is 0 Å². The quantitative estimate of drug-likeness (QED) is 0.807. The van der Waals surface area contributed by atoms with E-state index in [1.807, 2.05) is 13.8 Å². The summed E-state index contributed by atoms with van der Waals surface area (Å²) in [6, 6.07) is 0. The molecule has 8 heteroatoms. The highest BCUT2D eigenvalue weighted by atomic mass is 35.5. The zero-order chi connectivity index (χ0) is 15.7. The van der Waals surface area contributed by atoms with E-state index in [4.69, 9.17) is 20.9 Å². The van der Waals surface area contributed by atoms with E-state index in [1.54, 1.807) is 20.9 Å². The van der Waals surface area contributed by atoms with E-state index in [-0.39, 0.29) is 22.5 Å². The number of hydrogen-bond acceptors (Lipinski definition) is 6. The van der Waals surface area contributed by atoms with Crippen molar-refractivity contribution in [2.75, 3.05) is 0 Å². The van der Waals surface area contributed by atoms with Gasteiger partial charge in [0.25, 0.3) is 5.89 Å². The standard InChI is InChI=1S/C13H17ClN4O3/c1-6(2)10-9(11(14)18(5)16-10)13(19)20-7(3)12-15-8(4)17-21-12/h6-7H,1-5H3/t7-/m1/s1. The second-order valence-electron chi connectivity index (χ2n) is 5.06. The Hall–Kier alpha value is -1.89. The van der Waals surface area contributed by atoms with Gasteiger partial charge in [-0.1, -0.05) is 30.6 Å². The third-order valence-corrected chi connectivity index (χ3v) is 3.36. The average Bonchev–Trinajstić information content (AvgIpc) is 2.95. The Balaban J connectivity index is 2.24. The molecule has 0 bridgehead atoms. The molecule has 0 amide bonds. The Kier molecular flexibility index (Phi) is 4.32. The van der Waals surface area contributed by atoms with Crippen LogP contribution in [0, 0.1) is 6.92 Å². The van der Waals surface area contributed by atoms with Crippen molar-refractivity contribution in [3.63, 3.8) is 0 Å². The number of aryl methyl sites for hydroxylation is 2. The molecule has 0 aliphatic rings. The number of rotatable bonds is 4. The Morgan fingerprint density at radius 3 is 2.57 bits per heavy atom. The zero-order valence-corrected chi connectivity index (χ0v) is 13.3.